The van der Waals surface area contributed by atoms with Gasteiger partial charge in [0.05, 0.1) is 0 Å². The van der Waals surface area contributed by atoms with Crippen LogP contribution in [-0.4, -0.2) is 31.8 Å². The second-order valence-corrected chi connectivity index (χ2v) is 5.62. The third-order valence-electron chi connectivity index (χ3n) is 1.13. The Labute approximate surface area is 67.6 Å². The molecule has 0 unspecified atom stereocenters. The van der Waals surface area contributed by atoms with E-state index < -0.39 is 24.2 Å². The highest BCUT2D eigenvalue weighted by Crippen LogP contribution is 2.39. The van der Waals surface area contributed by atoms with Gasteiger partial charge in [-0.05, 0) is 6.42 Å². The van der Waals surface area contributed by atoms with Crippen molar-refractivity contribution in [3.8, 4) is 0 Å². The summed E-state index contributed by atoms with van der Waals surface area (Å²) in [5.41, 5.74) is 5.10. The van der Waals surface area contributed by atoms with Gasteiger partial charge < -0.3 is 15.5 Å². The average Bonchev–Trinajstić information content (AvgIpc) is 1.80. The van der Waals surface area contributed by atoms with Gasteiger partial charge >= 0.3 is 7.60 Å². The van der Waals surface area contributed by atoms with E-state index in [4.69, 9.17) is 15.5 Å². The van der Waals surface area contributed by atoms with Gasteiger partial charge in [0.1, 0.15) is 5.78 Å². The summed E-state index contributed by atoms with van der Waals surface area (Å²) < 4.78 is 20.9. The predicted octanol–water partition coefficient (Wildman–Crippen LogP) is -0.782. The standard InChI is InChI=1S/C4H12NO4PS/c1-11(9)3-2-4(5)10(6,7)8/h4H,2-3,5H2,1H3,(H2,6,7,8)/t4-,11+/m0/s1. The highest BCUT2D eigenvalue weighted by Gasteiger charge is 2.23. The van der Waals surface area contributed by atoms with E-state index in [9.17, 15) is 8.77 Å². The Morgan fingerprint density at radius 1 is 1.64 bits per heavy atom. The van der Waals surface area contributed by atoms with E-state index in [1.54, 1.807) is 0 Å². The summed E-state index contributed by atoms with van der Waals surface area (Å²) in [4.78, 5) is 17.0. The zero-order valence-corrected chi connectivity index (χ0v) is 7.85. The third-order valence-corrected chi connectivity index (χ3v) is 3.07. The van der Waals surface area contributed by atoms with Crippen LogP contribution in [0.5, 0.6) is 0 Å². The molecule has 0 aromatic rings. The van der Waals surface area contributed by atoms with Gasteiger partial charge in [0.15, 0.2) is 0 Å². The summed E-state index contributed by atoms with van der Waals surface area (Å²) in [5.74, 6) is -0.946. The van der Waals surface area contributed by atoms with Crippen molar-refractivity contribution in [2.24, 2.45) is 5.73 Å². The minimum absolute atomic E-state index is 0.0907. The van der Waals surface area contributed by atoms with Crippen molar-refractivity contribution < 1.29 is 18.6 Å². The Morgan fingerprint density at radius 3 is 2.36 bits per heavy atom. The molecule has 0 bridgehead atoms. The zero-order valence-electron chi connectivity index (χ0n) is 6.14. The first-order valence-electron chi connectivity index (χ1n) is 2.95. The fourth-order valence-electron chi connectivity index (χ4n) is 0.455. The largest absolute Gasteiger partial charge is 0.342 e. The molecule has 0 saturated carbocycles. The summed E-state index contributed by atoms with van der Waals surface area (Å²) >= 11 is 0. The van der Waals surface area contributed by atoms with E-state index >= 15 is 0 Å². The fraction of sp³-hybridized carbons (Fsp3) is 1.00. The molecular formula is C4H12NO4PS. The Bertz CT molecular complexity index is 191. The number of nitrogens with two attached hydrogens (primary N) is 1. The maximum atomic E-state index is 10.5. The lowest BCUT2D eigenvalue weighted by atomic mass is 10.5. The first kappa shape index (κ1) is 11.3. The van der Waals surface area contributed by atoms with Crippen molar-refractivity contribution in [2.75, 3.05) is 12.0 Å². The molecule has 0 heterocycles. The van der Waals surface area contributed by atoms with Crippen molar-refractivity contribution in [3.63, 3.8) is 0 Å². The van der Waals surface area contributed by atoms with Gasteiger partial charge in [-0.1, -0.05) is 0 Å². The lowest BCUT2D eigenvalue weighted by molar-refractivity contribution is 0.357. The van der Waals surface area contributed by atoms with Gasteiger partial charge in [-0.25, -0.2) is 0 Å². The number of rotatable bonds is 4. The summed E-state index contributed by atoms with van der Waals surface area (Å²) in [6.45, 7) is 0. The predicted molar refractivity (Wildman–Crippen MR) is 43.6 cm³/mol. The van der Waals surface area contributed by atoms with Gasteiger partial charge in [0.2, 0.25) is 0 Å². The van der Waals surface area contributed by atoms with Gasteiger partial charge in [0, 0.05) is 22.8 Å². The van der Waals surface area contributed by atoms with Gasteiger partial charge in [0.25, 0.3) is 0 Å². The molecule has 0 saturated heterocycles. The zero-order chi connectivity index (χ0) is 9.07. The Balaban J connectivity index is 3.80. The molecule has 5 nitrogen and oxygen atoms in total. The van der Waals surface area contributed by atoms with Crippen molar-refractivity contribution >= 4 is 18.4 Å². The molecule has 7 heteroatoms. The van der Waals surface area contributed by atoms with Crippen LogP contribution < -0.4 is 5.73 Å². The van der Waals surface area contributed by atoms with E-state index in [0.29, 0.717) is 0 Å². The number of hydrogen-bond donors (Lipinski definition) is 3. The van der Waals surface area contributed by atoms with Crippen LogP contribution >= 0.6 is 7.60 Å². The Kier molecular flexibility index (Phi) is 4.43. The minimum Gasteiger partial charge on any atom is -0.323 e. The van der Waals surface area contributed by atoms with Crippen molar-refractivity contribution in [1.29, 1.82) is 0 Å². The van der Waals surface area contributed by atoms with E-state index in [1.807, 2.05) is 0 Å². The molecule has 11 heavy (non-hydrogen) atoms. The molecule has 0 aromatic carbocycles. The van der Waals surface area contributed by atoms with E-state index in [-0.39, 0.29) is 12.2 Å². The normalized spacial score (nSPS) is 17.8. The van der Waals surface area contributed by atoms with Gasteiger partial charge in [-0.15, -0.1) is 0 Å². The first-order valence-corrected chi connectivity index (χ1v) is 6.35. The lowest BCUT2D eigenvalue weighted by Gasteiger charge is -2.11. The van der Waals surface area contributed by atoms with Crippen molar-refractivity contribution in [3.05, 3.63) is 0 Å². The molecule has 0 spiro atoms. The number of hydrogen-bond acceptors (Lipinski definition) is 3. The second kappa shape index (κ2) is 4.33. The summed E-state index contributed by atoms with van der Waals surface area (Å²) in [6, 6.07) is 0. The topological polar surface area (TPSA) is 101 Å². The average molecular weight is 201 g/mol. The molecule has 0 amide bonds. The highest BCUT2D eigenvalue weighted by molar-refractivity contribution is 7.84. The first-order chi connectivity index (χ1) is 4.84. The Hall–Kier alpha value is 0.260. The van der Waals surface area contributed by atoms with Crippen LogP contribution in [0.3, 0.4) is 0 Å². The van der Waals surface area contributed by atoms with Crippen molar-refractivity contribution in [1.82, 2.24) is 0 Å². The SMILES string of the molecule is C[S@@](=O)CC[C@@H](N)P(=O)(O)O. The van der Waals surface area contributed by atoms with Crippen LogP contribution in [0.15, 0.2) is 0 Å². The smallest absolute Gasteiger partial charge is 0.323 e. The fourth-order valence-corrected chi connectivity index (χ4v) is 1.68. The summed E-state index contributed by atoms with van der Waals surface area (Å²) in [6.07, 6.45) is 1.56. The molecule has 68 valence electrons. The van der Waals surface area contributed by atoms with Crippen LogP contribution in [0.2, 0.25) is 0 Å². The Morgan fingerprint density at radius 2 is 2.09 bits per heavy atom. The molecule has 0 rings (SSSR count). The maximum absolute atomic E-state index is 10.5. The van der Waals surface area contributed by atoms with E-state index in [1.165, 1.54) is 6.26 Å². The van der Waals surface area contributed by atoms with Crippen LogP contribution in [0.1, 0.15) is 6.42 Å². The summed E-state index contributed by atoms with van der Waals surface area (Å²) in [5, 5.41) is 0. The highest BCUT2D eigenvalue weighted by atomic mass is 32.2. The molecule has 2 atom stereocenters. The molecule has 0 aliphatic rings. The molecule has 0 fully saturated rings. The van der Waals surface area contributed by atoms with Crippen LogP contribution in [-0.2, 0) is 15.4 Å². The molecular weight excluding hydrogens is 189 g/mol. The van der Waals surface area contributed by atoms with Crippen LogP contribution in [0.4, 0.5) is 0 Å². The minimum atomic E-state index is -4.17. The summed E-state index contributed by atoms with van der Waals surface area (Å²) in [7, 11) is -5.21. The molecule has 4 N–H and O–H groups in total. The second-order valence-electron chi connectivity index (χ2n) is 2.22. The van der Waals surface area contributed by atoms with E-state index in [0.717, 1.165) is 0 Å². The van der Waals surface area contributed by atoms with Crippen LogP contribution in [0.25, 0.3) is 0 Å². The maximum Gasteiger partial charge on any atom is 0.342 e. The van der Waals surface area contributed by atoms with E-state index in [2.05, 4.69) is 0 Å². The molecule has 0 aliphatic carbocycles. The molecule has 0 aromatic heterocycles. The quantitative estimate of drug-likeness (QED) is 0.518. The van der Waals surface area contributed by atoms with Crippen molar-refractivity contribution in [2.45, 2.75) is 12.2 Å². The van der Waals surface area contributed by atoms with Crippen LogP contribution in [0, 0.1) is 0 Å². The monoisotopic (exact) mass is 201 g/mol. The lowest BCUT2D eigenvalue weighted by Crippen LogP contribution is -2.22. The molecule has 0 aliphatic heterocycles. The third kappa shape index (κ3) is 5.52. The molecule has 0 radical (unpaired) electrons. The van der Waals surface area contributed by atoms with Gasteiger partial charge in [-0.2, -0.15) is 0 Å². The van der Waals surface area contributed by atoms with Gasteiger partial charge in [-0.3, -0.25) is 8.77 Å².